The second kappa shape index (κ2) is 3.65. The van der Waals surface area contributed by atoms with Gasteiger partial charge in [-0.15, -0.1) is 0 Å². The average molecular weight is 203 g/mol. The molecule has 0 aliphatic rings. The van der Waals surface area contributed by atoms with Crippen LogP contribution in [0.4, 0.5) is 10.2 Å². The first-order valence-corrected chi connectivity index (χ1v) is 4.51. The summed E-state index contributed by atoms with van der Waals surface area (Å²) in [4.78, 5) is 8.07. The molecule has 2 aromatic rings. The Labute approximate surface area is 86.8 Å². The van der Waals surface area contributed by atoms with Gasteiger partial charge in [-0.05, 0) is 30.7 Å². The highest BCUT2D eigenvalue weighted by molar-refractivity contribution is 5.72. The van der Waals surface area contributed by atoms with E-state index in [0.717, 1.165) is 11.1 Å². The van der Waals surface area contributed by atoms with Gasteiger partial charge >= 0.3 is 0 Å². The number of benzene rings is 1. The van der Waals surface area contributed by atoms with E-state index in [0.29, 0.717) is 11.5 Å². The maximum Gasteiger partial charge on any atom is 0.149 e. The monoisotopic (exact) mass is 203 g/mol. The second-order valence-electron chi connectivity index (χ2n) is 3.25. The number of nitrogens with two attached hydrogens (primary N) is 1. The number of nitrogen functional groups attached to an aromatic ring is 1. The molecule has 0 saturated heterocycles. The maximum absolute atomic E-state index is 12.9. The topological polar surface area (TPSA) is 51.8 Å². The molecule has 4 heteroatoms. The Balaban J connectivity index is 2.60. The zero-order valence-electron chi connectivity index (χ0n) is 8.24. The third-order valence-electron chi connectivity index (χ3n) is 2.17. The summed E-state index contributed by atoms with van der Waals surface area (Å²) in [5.74, 6) is 0.0888. The van der Waals surface area contributed by atoms with Crippen molar-refractivity contribution in [1.29, 1.82) is 0 Å². The van der Waals surface area contributed by atoms with Crippen molar-refractivity contribution in [2.45, 2.75) is 6.92 Å². The lowest BCUT2D eigenvalue weighted by Crippen LogP contribution is -1.97. The second-order valence-corrected chi connectivity index (χ2v) is 3.25. The third-order valence-corrected chi connectivity index (χ3v) is 2.17. The molecule has 0 aliphatic heterocycles. The molecule has 0 atom stereocenters. The maximum atomic E-state index is 12.9. The molecule has 0 radical (unpaired) electrons. The van der Waals surface area contributed by atoms with Crippen molar-refractivity contribution in [3.05, 3.63) is 42.0 Å². The van der Waals surface area contributed by atoms with E-state index in [4.69, 9.17) is 5.73 Å². The zero-order valence-corrected chi connectivity index (χ0v) is 8.24. The van der Waals surface area contributed by atoms with Crippen LogP contribution in [0.25, 0.3) is 11.3 Å². The van der Waals surface area contributed by atoms with Crippen LogP contribution >= 0.6 is 0 Å². The van der Waals surface area contributed by atoms with Gasteiger partial charge in [0.2, 0.25) is 0 Å². The predicted molar refractivity (Wildman–Crippen MR) is 56.6 cm³/mol. The molecule has 0 fully saturated rings. The molecule has 0 amide bonds. The summed E-state index contributed by atoms with van der Waals surface area (Å²) >= 11 is 0. The first kappa shape index (κ1) is 9.58. The van der Waals surface area contributed by atoms with Gasteiger partial charge in [0.05, 0.1) is 0 Å². The van der Waals surface area contributed by atoms with Crippen LogP contribution in [0.15, 0.2) is 30.6 Å². The van der Waals surface area contributed by atoms with Gasteiger partial charge in [-0.2, -0.15) is 0 Å². The minimum absolute atomic E-state index is 0.265. The fourth-order valence-electron chi connectivity index (χ4n) is 1.45. The van der Waals surface area contributed by atoms with E-state index < -0.39 is 0 Å². The van der Waals surface area contributed by atoms with Gasteiger partial charge < -0.3 is 5.73 Å². The van der Waals surface area contributed by atoms with Crippen LogP contribution < -0.4 is 5.73 Å². The molecule has 3 nitrogen and oxygen atoms in total. The molecule has 2 rings (SSSR count). The molecule has 1 aromatic heterocycles. The highest BCUT2D eigenvalue weighted by Gasteiger charge is 2.07. The van der Waals surface area contributed by atoms with Crippen LogP contribution in [-0.2, 0) is 0 Å². The number of anilines is 1. The van der Waals surface area contributed by atoms with Crippen LogP contribution in [0, 0.1) is 12.7 Å². The molecule has 0 bridgehead atoms. The Morgan fingerprint density at radius 3 is 2.60 bits per heavy atom. The van der Waals surface area contributed by atoms with Gasteiger partial charge in [0, 0.05) is 18.0 Å². The Bertz CT molecular complexity index is 497. The standard InChI is InChI=1S/C11H10FN3/c1-7-6-8(12)2-3-9(7)10-11(13)15-5-4-14-10/h2-6H,1H3,(H2,13,15). The summed E-state index contributed by atoms with van der Waals surface area (Å²) < 4.78 is 12.9. The van der Waals surface area contributed by atoms with Crippen molar-refractivity contribution < 1.29 is 4.39 Å². The van der Waals surface area contributed by atoms with Crippen LogP contribution in [0.2, 0.25) is 0 Å². The summed E-state index contributed by atoms with van der Waals surface area (Å²) in [7, 11) is 0. The van der Waals surface area contributed by atoms with Crippen LogP contribution in [0.1, 0.15) is 5.56 Å². The van der Waals surface area contributed by atoms with Crippen molar-refractivity contribution in [2.24, 2.45) is 0 Å². The van der Waals surface area contributed by atoms with E-state index in [2.05, 4.69) is 9.97 Å². The number of aromatic nitrogens is 2. The Hall–Kier alpha value is -1.97. The molecule has 0 unspecified atom stereocenters. The molecular formula is C11H10FN3. The molecule has 0 saturated carbocycles. The van der Waals surface area contributed by atoms with Crippen LogP contribution in [0.5, 0.6) is 0 Å². The largest absolute Gasteiger partial charge is 0.382 e. The molecule has 1 heterocycles. The lowest BCUT2D eigenvalue weighted by Gasteiger charge is -2.06. The smallest absolute Gasteiger partial charge is 0.149 e. The van der Waals surface area contributed by atoms with Gasteiger partial charge in [0.1, 0.15) is 17.3 Å². The number of rotatable bonds is 1. The SMILES string of the molecule is Cc1cc(F)ccc1-c1nccnc1N. The quantitative estimate of drug-likeness (QED) is 0.772. The average Bonchev–Trinajstić information content (AvgIpc) is 2.20. The van der Waals surface area contributed by atoms with E-state index in [1.165, 1.54) is 18.3 Å². The molecule has 76 valence electrons. The number of nitrogens with zero attached hydrogens (tertiary/aromatic N) is 2. The van der Waals surface area contributed by atoms with Crippen molar-refractivity contribution in [3.8, 4) is 11.3 Å². The van der Waals surface area contributed by atoms with E-state index in [-0.39, 0.29) is 5.82 Å². The van der Waals surface area contributed by atoms with Gasteiger partial charge in [0.25, 0.3) is 0 Å². The fraction of sp³-hybridized carbons (Fsp3) is 0.0909. The van der Waals surface area contributed by atoms with Crippen LogP contribution in [-0.4, -0.2) is 9.97 Å². The molecule has 15 heavy (non-hydrogen) atoms. The van der Waals surface area contributed by atoms with Crippen molar-refractivity contribution in [1.82, 2.24) is 9.97 Å². The summed E-state index contributed by atoms with van der Waals surface area (Å²) in [5.41, 5.74) is 7.89. The first-order valence-electron chi connectivity index (χ1n) is 4.51. The Morgan fingerprint density at radius 2 is 1.93 bits per heavy atom. The van der Waals surface area contributed by atoms with E-state index >= 15 is 0 Å². The minimum Gasteiger partial charge on any atom is -0.382 e. The fourth-order valence-corrected chi connectivity index (χ4v) is 1.45. The number of halogens is 1. The zero-order chi connectivity index (χ0) is 10.8. The normalized spacial score (nSPS) is 10.3. The van der Waals surface area contributed by atoms with E-state index in [9.17, 15) is 4.39 Å². The highest BCUT2D eigenvalue weighted by Crippen LogP contribution is 2.25. The van der Waals surface area contributed by atoms with Crippen molar-refractivity contribution >= 4 is 5.82 Å². The first-order chi connectivity index (χ1) is 7.18. The van der Waals surface area contributed by atoms with Gasteiger partial charge in [-0.1, -0.05) is 0 Å². The van der Waals surface area contributed by atoms with Gasteiger partial charge in [-0.3, -0.25) is 4.98 Å². The van der Waals surface area contributed by atoms with E-state index in [1.54, 1.807) is 12.3 Å². The summed E-state index contributed by atoms with van der Waals surface area (Å²) in [6.07, 6.45) is 3.09. The lowest BCUT2D eigenvalue weighted by molar-refractivity contribution is 0.627. The Morgan fingerprint density at radius 1 is 1.20 bits per heavy atom. The Kier molecular flexibility index (Phi) is 2.33. The van der Waals surface area contributed by atoms with Crippen LogP contribution in [0.3, 0.4) is 0 Å². The molecule has 1 aromatic carbocycles. The third kappa shape index (κ3) is 1.79. The molecule has 2 N–H and O–H groups in total. The van der Waals surface area contributed by atoms with Gasteiger partial charge in [-0.25, -0.2) is 9.37 Å². The molecular weight excluding hydrogens is 193 g/mol. The number of hydrogen-bond acceptors (Lipinski definition) is 3. The highest BCUT2D eigenvalue weighted by atomic mass is 19.1. The minimum atomic E-state index is -0.265. The van der Waals surface area contributed by atoms with E-state index in [1.807, 2.05) is 6.92 Å². The number of aryl methyl sites for hydroxylation is 1. The van der Waals surface area contributed by atoms with Crippen molar-refractivity contribution in [3.63, 3.8) is 0 Å². The predicted octanol–water partition coefficient (Wildman–Crippen LogP) is 2.17. The summed E-state index contributed by atoms with van der Waals surface area (Å²) in [6.45, 7) is 1.81. The summed E-state index contributed by atoms with van der Waals surface area (Å²) in [5, 5.41) is 0. The van der Waals surface area contributed by atoms with Gasteiger partial charge in [0.15, 0.2) is 0 Å². The molecule has 0 aliphatic carbocycles. The van der Waals surface area contributed by atoms with Crippen molar-refractivity contribution in [2.75, 3.05) is 5.73 Å². The summed E-state index contributed by atoms with van der Waals surface area (Å²) in [6, 6.07) is 4.49. The number of hydrogen-bond donors (Lipinski definition) is 1. The lowest BCUT2D eigenvalue weighted by atomic mass is 10.1. The molecule has 0 spiro atoms.